The van der Waals surface area contributed by atoms with Gasteiger partial charge >= 0.3 is 0 Å². The van der Waals surface area contributed by atoms with Crippen molar-refractivity contribution >= 4 is 11.6 Å². The van der Waals surface area contributed by atoms with Gasteiger partial charge in [0.2, 0.25) is 5.91 Å². The van der Waals surface area contributed by atoms with Crippen LogP contribution in [-0.4, -0.2) is 33.8 Å². The van der Waals surface area contributed by atoms with Gasteiger partial charge in [0, 0.05) is 12.8 Å². The molecule has 0 bridgehead atoms. The molecule has 0 aliphatic carbocycles. The molecule has 0 saturated carbocycles. The Balaban J connectivity index is 1.77. The predicted octanol–water partition coefficient (Wildman–Crippen LogP) is 2.23. The van der Waals surface area contributed by atoms with Crippen LogP contribution in [0.5, 0.6) is 0 Å². The minimum atomic E-state index is -0.120. The van der Waals surface area contributed by atoms with Crippen molar-refractivity contribution in [3.8, 4) is 11.4 Å². The topological polar surface area (TPSA) is 79.9 Å². The molecule has 2 aromatic rings. The van der Waals surface area contributed by atoms with Crippen LogP contribution in [0.15, 0.2) is 30.6 Å². The maximum atomic E-state index is 12.4. The van der Waals surface area contributed by atoms with Crippen LogP contribution in [0, 0.1) is 5.92 Å². The molecule has 1 aliphatic heterocycles. The Morgan fingerprint density at radius 2 is 2.38 bits per heavy atom. The molecule has 2 N–H and O–H groups in total. The van der Waals surface area contributed by atoms with Crippen LogP contribution in [0.3, 0.4) is 0 Å². The van der Waals surface area contributed by atoms with Crippen molar-refractivity contribution in [1.82, 2.24) is 15.2 Å². The van der Waals surface area contributed by atoms with E-state index in [4.69, 9.17) is 4.74 Å². The highest BCUT2D eigenvalue weighted by molar-refractivity contribution is 5.95. The summed E-state index contributed by atoms with van der Waals surface area (Å²) in [5.74, 6) is -0.147. The molecule has 2 aromatic heterocycles. The lowest BCUT2D eigenvalue weighted by Gasteiger charge is -2.27. The van der Waals surface area contributed by atoms with E-state index < -0.39 is 0 Å². The highest BCUT2D eigenvalue weighted by Crippen LogP contribution is 2.26. The Bertz CT molecular complexity index is 611. The van der Waals surface area contributed by atoms with Gasteiger partial charge in [-0.1, -0.05) is 6.07 Å². The fourth-order valence-corrected chi connectivity index (χ4v) is 2.58. The number of carbonyl (C=O) groups excluding carboxylic acids is 1. The fourth-order valence-electron chi connectivity index (χ4n) is 2.58. The van der Waals surface area contributed by atoms with Gasteiger partial charge < -0.3 is 10.1 Å². The molecule has 2 atom stereocenters. The van der Waals surface area contributed by atoms with Gasteiger partial charge in [-0.2, -0.15) is 5.10 Å². The second-order valence-electron chi connectivity index (χ2n) is 5.19. The van der Waals surface area contributed by atoms with E-state index in [2.05, 4.69) is 20.5 Å². The summed E-state index contributed by atoms with van der Waals surface area (Å²) >= 11 is 0. The Hall–Kier alpha value is -2.21. The summed E-state index contributed by atoms with van der Waals surface area (Å²) in [5.41, 5.74) is 2.11. The standard InChI is InChI=1S/C15H18N4O2/c1-10-11(5-4-8-21-10)15(20)18-13-9-17-19-14(13)12-6-2-3-7-16-12/h2-3,6-7,9-11H,4-5,8H2,1H3,(H,17,19)(H,18,20)/t10-,11-/m0/s1. The Labute approximate surface area is 122 Å². The number of anilines is 1. The summed E-state index contributed by atoms with van der Waals surface area (Å²) in [7, 11) is 0. The van der Waals surface area contributed by atoms with Gasteiger partial charge in [-0.05, 0) is 31.9 Å². The van der Waals surface area contributed by atoms with E-state index >= 15 is 0 Å². The zero-order valence-electron chi connectivity index (χ0n) is 11.9. The number of rotatable bonds is 3. The van der Waals surface area contributed by atoms with E-state index in [0.717, 1.165) is 25.1 Å². The van der Waals surface area contributed by atoms with Crippen molar-refractivity contribution in [2.75, 3.05) is 11.9 Å². The van der Waals surface area contributed by atoms with Gasteiger partial charge in [-0.25, -0.2) is 0 Å². The Kier molecular flexibility index (Phi) is 3.96. The molecule has 3 heterocycles. The maximum Gasteiger partial charge on any atom is 0.230 e. The third kappa shape index (κ3) is 2.95. The number of hydrogen-bond acceptors (Lipinski definition) is 4. The fraction of sp³-hybridized carbons (Fsp3) is 0.400. The van der Waals surface area contributed by atoms with Gasteiger partial charge in [0.1, 0.15) is 5.69 Å². The predicted molar refractivity (Wildman–Crippen MR) is 78.6 cm³/mol. The number of hydrogen-bond donors (Lipinski definition) is 2. The lowest BCUT2D eigenvalue weighted by atomic mass is 9.94. The maximum absolute atomic E-state index is 12.4. The van der Waals surface area contributed by atoms with E-state index in [1.165, 1.54) is 0 Å². The summed E-state index contributed by atoms with van der Waals surface area (Å²) in [6.07, 6.45) is 5.03. The molecule has 6 nitrogen and oxygen atoms in total. The molecule has 1 aliphatic rings. The van der Waals surface area contributed by atoms with Gasteiger partial charge in [0.25, 0.3) is 0 Å². The molecule has 0 radical (unpaired) electrons. The van der Waals surface area contributed by atoms with Crippen molar-refractivity contribution < 1.29 is 9.53 Å². The van der Waals surface area contributed by atoms with Crippen LogP contribution in [0.4, 0.5) is 5.69 Å². The molecule has 110 valence electrons. The van der Waals surface area contributed by atoms with Crippen molar-refractivity contribution in [3.63, 3.8) is 0 Å². The summed E-state index contributed by atoms with van der Waals surface area (Å²) < 4.78 is 5.55. The number of nitrogens with zero attached hydrogens (tertiary/aromatic N) is 2. The van der Waals surface area contributed by atoms with Crippen molar-refractivity contribution in [1.29, 1.82) is 0 Å². The van der Waals surface area contributed by atoms with Gasteiger partial charge in [-0.15, -0.1) is 0 Å². The van der Waals surface area contributed by atoms with Crippen LogP contribution < -0.4 is 5.32 Å². The first kappa shape index (κ1) is 13.8. The van der Waals surface area contributed by atoms with E-state index in [9.17, 15) is 4.79 Å². The van der Waals surface area contributed by atoms with Crippen molar-refractivity contribution in [2.24, 2.45) is 5.92 Å². The highest BCUT2D eigenvalue weighted by Gasteiger charge is 2.29. The number of aromatic nitrogens is 3. The van der Waals surface area contributed by atoms with Gasteiger partial charge in [0.15, 0.2) is 0 Å². The van der Waals surface area contributed by atoms with Crippen LogP contribution in [0.2, 0.25) is 0 Å². The molecule has 0 aromatic carbocycles. The first-order chi connectivity index (χ1) is 10.3. The van der Waals surface area contributed by atoms with Crippen molar-refractivity contribution in [3.05, 3.63) is 30.6 Å². The molecule has 1 fully saturated rings. The van der Waals surface area contributed by atoms with Gasteiger partial charge in [0.05, 0.1) is 29.6 Å². The minimum Gasteiger partial charge on any atom is -0.378 e. The zero-order valence-corrected chi connectivity index (χ0v) is 11.9. The molecule has 0 spiro atoms. The Morgan fingerprint density at radius 1 is 1.48 bits per heavy atom. The molecule has 3 rings (SSSR count). The quantitative estimate of drug-likeness (QED) is 0.906. The minimum absolute atomic E-state index is 0.0271. The number of amides is 1. The average molecular weight is 286 g/mol. The monoisotopic (exact) mass is 286 g/mol. The van der Waals surface area contributed by atoms with Crippen LogP contribution in [0.1, 0.15) is 19.8 Å². The second kappa shape index (κ2) is 6.05. The molecule has 1 saturated heterocycles. The Morgan fingerprint density at radius 3 is 3.14 bits per heavy atom. The smallest absolute Gasteiger partial charge is 0.230 e. The highest BCUT2D eigenvalue weighted by atomic mass is 16.5. The summed E-state index contributed by atoms with van der Waals surface area (Å²) in [6, 6.07) is 5.61. The number of nitrogens with one attached hydrogen (secondary N) is 2. The molecule has 0 unspecified atom stereocenters. The number of pyridine rings is 1. The van der Waals surface area contributed by atoms with Crippen molar-refractivity contribution in [2.45, 2.75) is 25.9 Å². The zero-order chi connectivity index (χ0) is 14.7. The first-order valence-electron chi connectivity index (χ1n) is 7.13. The average Bonchev–Trinajstić information content (AvgIpc) is 2.96. The molecular formula is C15H18N4O2. The summed E-state index contributed by atoms with van der Waals surface area (Å²) in [5, 5.41) is 9.82. The SMILES string of the molecule is C[C@@H]1OCCC[C@@H]1C(=O)Nc1cn[nH]c1-c1ccccn1. The number of ether oxygens (including phenoxy) is 1. The molecular weight excluding hydrogens is 268 g/mol. The lowest BCUT2D eigenvalue weighted by molar-refractivity contribution is -0.127. The van der Waals surface area contributed by atoms with E-state index in [1.54, 1.807) is 12.4 Å². The number of carbonyl (C=O) groups is 1. The van der Waals surface area contributed by atoms with E-state index in [0.29, 0.717) is 11.4 Å². The van der Waals surface area contributed by atoms with Crippen LogP contribution in [0.25, 0.3) is 11.4 Å². The molecule has 6 heteroatoms. The van der Waals surface area contributed by atoms with E-state index in [-0.39, 0.29) is 17.9 Å². The normalized spacial score (nSPS) is 22.0. The third-order valence-corrected chi connectivity index (χ3v) is 3.76. The first-order valence-corrected chi connectivity index (χ1v) is 7.13. The third-order valence-electron chi connectivity index (χ3n) is 3.76. The summed E-state index contributed by atoms with van der Waals surface area (Å²) in [4.78, 5) is 16.7. The summed E-state index contributed by atoms with van der Waals surface area (Å²) in [6.45, 7) is 2.67. The second-order valence-corrected chi connectivity index (χ2v) is 5.19. The molecule has 21 heavy (non-hydrogen) atoms. The lowest BCUT2D eigenvalue weighted by Crippen LogP contribution is -2.36. The van der Waals surface area contributed by atoms with Crippen LogP contribution in [-0.2, 0) is 9.53 Å². The van der Waals surface area contributed by atoms with Gasteiger partial charge in [-0.3, -0.25) is 14.9 Å². The largest absolute Gasteiger partial charge is 0.378 e. The van der Waals surface area contributed by atoms with E-state index in [1.807, 2.05) is 25.1 Å². The number of H-pyrrole nitrogens is 1. The van der Waals surface area contributed by atoms with Crippen LogP contribution >= 0.6 is 0 Å². The molecule has 1 amide bonds. The number of aromatic amines is 1.